The number of nitrogens with two attached hydrogens (primary N) is 1. The number of hydrogen-bond acceptors (Lipinski definition) is 3. The molecule has 0 aliphatic heterocycles. The Bertz CT molecular complexity index is 233. The molecule has 0 aromatic heterocycles. The first-order chi connectivity index (χ1) is 8.36. The number of ether oxygens (including phenoxy) is 1. The molecule has 108 valence electrons. The van der Waals surface area contributed by atoms with Gasteiger partial charge in [0.25, 0.3) is 0 Å². The molecule has 1 saturated carbocycles. The molecule has 0 saturated heterocycles. The molecule has 0 aromatic rings. The second-order valence-corrected chi connectivity index (χ2v) is 6.87. The van der Waals surface area contributed by atoms with Crippen molar-refractivity contribution in [3.8, 4) is 0 Å². The average molecular weight is 256 g/mol. The molecule has 3 heteroatoms. The summed E-state index contributed by atoms with van der Waals surface area (Å²) in [6.07, 6.45) is 3.87. The Kier molecular flexibility index (Phi) is 6.09. The van der Waals surface area contributed by atoms with E-state index in [2.05, 4.69) is 32.6 Å². The minimum absolute atomic E-state index is 0.204. The van der Waals surface area contributed by atoms with Crippen molar-refractivity contribution < 1.29 is 4.74 Å². The van der Waals surface area contributed by atoms with Crippen molar-refractivity contribution in [3.63, 3.8) is 0 Å². The fourth-order valence-corrected chi connectivity index (χ4v) is 2.34. The predicted octanol–water partition coefficient (Wildman–Crippen LogP) is 2.50. The van der Waals surface area contributed by atoms with Crippen molar-refractivity contribution in [1.29, 1.82) is 0 Å². The van der Waals surface area contributed by atoms with Crippen LogP contribution in [0.2, 0.25) is 0 Å². The summed E-state index contributed by atoms with van der Waals surface area (Å²) in [6.45, 7) is 12.0. The maximum atomic E-state index is 6.26. The normalized spacial score (nSPS) is 20.2. The summed E-state index contributed by atoms with van der Waals surface area (Å²) in [5, 5.41) is 0. The van der Waals surface area contributed by atoms with E-state index < -0.39 is 0 Å². The lowest BCUT2D eigenvalue weighted by Gasteiger charge is -2.33. The lowest BCUT2D eigenvalue weighted by Crippen LogP contribution is -2.43. The molecule has 1 fully saturated rings. The molecule has 0 bridgehead atoms. The zero-order valence-electron chi connectivity index (χ0n) is 12.9. The minimum atomic E-state index is 0.204. The fourth-order valence-electron chi connectivity index (χ4n) is 2.34. The van der Waals surface area contributed by atoms with Crippen molar-refractivity contribution in [1.82, 2.24) is 4.90 Å². The van der Waals surface area contributed by atoms with Crippen molar-refractivity contribution in [3.05, 3.63) is 0 Å². The summed E-state index contributed by atoms with van der Waals surface area (Å²) in [6, 6.07) is 0.960. The van der Waals surface area contributed by atoms with Crippen LogP contribution in [0.3, 0.4) is 0 Å². The molecule has 1 aliphatic carbocycles. The highest BCUT2D eigenvalue weighted by molar-refractivity contribution is 4.86. The van der Waals surface area contributed by atoms with Gasteiger partial charge in [-0.3, -0.25) is 4.90 Å². The van der Waals surface area contributed by atoms with Crippen LogP contribution in [0, 0.1) is 11.3 Å². The third-order valence-electron chi connectivity index (χ3n) is 4.30. The van der Waals surface area contributed by atoms with Crippen LogP contribution in [0.4, 0.5) is 0 Å². The van der Waals surface area contributed by atoms with Crippen molar-refractivity contribution in [2.75, 3.05) is 26.8 Å². The van der Waals surface area contributed by atoms with Crippen LogP contribution in [0.5, 0.6) is 0 Å². The van der Waals surface area contributed by atoms with Gasteiger partial charge in [0, 0.05) is 32.3 Å². The Labute approximate surface area is 113 Å². The van der Waals surface area contributed by atoms with Gasteiger partial charge in [0.15, 0.2) is 0 Å². The molecule has 1 aliphatic rings. The smallest absolute Gasteiger partial charge is 0.0589 e. The molecule has 0 aromatic carbocycles. The van der Waals surface area contributed by atoms with Crippen molar-refractivity contribution in [2.24, 2.45) is 17.1 Å². The van der Waals surface area contributed by atoms with E-state index in [1.54, 1.807) is 7.11 Å². The molecule has 0 heterocycles. The lowest BCUT2D eigenvalue weighted by molar-refractivity contribution is 0.110. The zero-order valence-corrected chi connectivity index (χ0v) is 12.9. The first-order valence-corrected chi connectivity index (χ1v) is 7.35. The van der Waals surface area contributed by atoms with E-state index in [0.717, 1.165) is 32.0 Å². The molecule has 3 nitrogen and oxygen atoms in total. The Balaban J connectivity index is 2.40. The molecule has 1 rings (SSSR count). The van der Waals surface area contributed by atoms with Gasteiger partial charge in [-0.1, -0.05) is 20.8 Å². The van der Waals surface area contributed by atoms with Gasteiger partial charge in [0.05, 0.1) is 6.61 Å². The van der Waals surface area contributed by atoms with Crippen LogP contribution in [0.1, 0.15) is 47.0 Å². The van der Waals surface area contributed by atoms with Gasteiger partial charge in [-0.25, -0.2) is 0 Å². The molecular weight excluding hydrogens is 224 g/mol. The van der Waals surface area contributed by atoms with Crippen LogP contribution in [-0.2, 0) is 4.74 Å². The number of rotatable bonds is 8. The topological polar surface area (TPSA) is 38.5 Å². The summed E-state index contributed by atoms with van der Waals surface area (Å²) < 4.78 is 5.22. The zero-order chi connectivity index (χ0) is 13.8. The SMILES string of the molecule is COCCN(CCC(N)C(C)(C)C)C(C)C1CC1. The van der Waals surface area contributed by atoms with E-state index in [1.165, 1.54) is 12.8 Å². The number of hydrogen-bond donors (Lipinski definition) is 1. The van der Waals surface area contributed by atoms with Crippen LogP contribution in [-0.4, -0.2) is 43.8 Å². The van der Waals surface area contributed by atoms with E-state index in [-0.39, 0.29) is 11.5 Å². The molecular formula is C15H32N2O. The van der Waals surface area contributed by atoms with Gasteiger partial charge < -0.3 is 10.5 Å². The van der Waals surface area contributed by atoms with Crippen LogP contribution in [0.25, 0.3) is 0 Å². The standard InChI is InChI=1S/C15H32N2O/c1-12(13-6-7-13)17(10-11-18-5)9-8-14(16)15(2,3)4/h12-14H,6-11,16H2,1-5H3. The largest absolute Gasteiger partial charge is 0.383 e. The molecule has 0 radical (unpaired) electrons. The van der Waals surface area contributed by atoms with Gasteiger partial charge in [-0.2, -0.15) is 0 Å². The molecule has 2 N–H and O–H groups in total. The number of methoxy groups -OCH3 is 1. The summed E-state index contributed by atoms with van der Waals surface area (Å²) >= 11 is 0. The van der Waals surface area contributed by atoms with E-state index in [0.29, 0.717) is 6.04 Å². The quantitative estimate of drug-likeness (QED) is 0.725. The third-order valence-corrected chi connectivity index (χ3v) is 4.30. The Hall–Kier alpha value is -0.120. The predicted molar refractivity (Wildman–Crippen MR) is 77.7 cm³/mol. The van der Waals surface area contributed by atoms with E-state index >= 15 is 0 Å². The van der Waals surface area contributed by atoms with E-state index in [1.807, 2.05) is 0 Å². The third kappa shape index (κ3) is 5.25. The van der Waals surface area contributed by atoms with Gasteiger partial charge in [-0.15, -0.1) is 0 Å². The first-order valence-electron chi connectivity index (χ1n) is 7.35. The van der Waals surface area contributed by atoms with Gasteiger partial charge >= 0.3 is 0 Å². The Morgan fingerprint density at radius 3 is 2.33 bits per heavy atom. The van der Waals surface area contributed by atoms with Crippen LogP contribution >= 0.6 is 0 Å². The molecule has 2 unspecified atom stereocenters. The highest BCUT2D eigenvalue weighted by atomic mass is 16.5. The first kappa shape index (κ1) is 15.9. The van der Waals surface area contributed by atoms with E-state index in [4.69, 9.17) is 10.5 Å². The van der Waals surface area contributed by atoms with Gasteiger partial charge in [0.2, 0.25) is 0 Å². The monoisotopic (exact) mass is 256 g/mol. The second-order valence-electron chi connectivity index (χ2n) is 6.87. The fraction of sp³-hybridized carbons (Fsp3) is 1.00. The molecule has 18 heavy (non-hydrogen) atoms. The Morgan fingerprint density at radius 2 is 1.89 bits per heavy atom. The second kappa shape index (κ2) is 6.88. The van der Waals surface area contributed by atoms with Crippen molar-refractivity contribution >= 4 is 0 Å². The number of nitrogens with zero attached hydrogens (tertiary/aromatic N) is 1. The maximum Gasteiger partial charge on any atom is 0.0589 e. The maximum absolute atomic E-state index is 6.26. The van der Waals surface area contributed by atoms with Crippen LogP contribution < -0.4 is 5.73 Å². The molecule has 2 atom stereocenters. The van der Waals surface area contributed by atoms with E-state index in [9.17, 15) is 0 Å². The van der Waals surface area contributed by atoms with Crippen molar-refractivity contribution in [2.45, 2.75) is 59.0 Å². The molecule has 0 amide bonds. The lowest BCUT2D eigenvalue weighted by atomic mass is 9.85. The summed E-state index contributed by atoms with van der Waals surface area (Å²) in [7, 11) is 1.78. The summed E-state index contributed by atoms with van der Waals surface area (Å²) in [5.41, 5.74) is 6.47. The average Bonchev–Trinajstić information content (AvgIpc) is 3.10. The molecule has 0 spiro atoms. The van der Waals surface area contributed by atoms with Crippen LogP contribution in [0.15, 0.2) is 0 Å². The summed E-state index contributed by atoms with van der Waals surface area (Å²) in [5.74, 6) is 0.910. The minimum Gasteiger partial charge on any atom is -0.383 e. The highest BCUT2D eigenvalue weighted by Crippen LogP contribution is 2.35. The van der Waals surface area contributed by atoms with Gasteiger partial charge in [-0.05, 0) is 37.5 Å². The van der Waals surface area contributed by atoms with Gasteiger partial charge in [0.1, 0.15) is 0 Å². The highest BCUT2D eigenvalue weighted by Gasteiger charge is 2.32. The summed E-state index contributed by atoms with van der Waals surface area (Å²) in [4.78, 5) is 2.56. The Morgan fingerprint density at radius 1 is 1.28 bits per heavy atom.